The lowest BCUT2D eigenvalue weighted by Gasteiger charge is -2.18. The maximum Gasteiger partial charge on any atom is 0.217 e. The lowest BCUT2D eigenvalue weighted by atomic mass is 10.00. The highest BCUT2D eigenvalue weighted by atomic mass is 79.9. The third-order valence-corrected chi connectivity index (χ3v) is 3.60. The van der Waals surface area contributed by atoms with Crippen LogP contribution in [0.4, 0.5) is 0 Å². The number of rotatable bonds is 5. The zero-order valence-electron chi connectivity index (χ0n) is 11.1. The van der Waals surface area contributed by atoms with Gasteiger partial charge in [0.2, 0.25) is 5.88 Å². The highest BCUT2D eigenvalue weighted by Gasteiger charge is 2.15. The molecule has 0 bridgehead atoms. The molecule has 1 aromatic heterocycles. The molecule has 2 aromatic rings. The molecule has 2 rings (SSSR count). The van der Waals surface area contributed by atoms with Crippen molar-refractivity contribution in [2.45, 2.75) is 12.5 Å². The van der Waals surface area contributed by atoms with Crippen LogP contribution in [-0.2, 0) is 6.42 Å². The van der Waals surface area contributed by atoms with Crippen LogP contribution in [0, 0.1) is 0 Å². The minimum absolute atomic E-state index is 0.185. The lowest BCUT2D eigenvalue weighted by Crippen LogP contribution is -2.19. The number of benzene rings is 1. The normalized spacial score (nSPS) is 12.2. The van der Waals surface area contributed by atoms with Gasteiger partial charge in [-0.2, -0.15) is 0 Å². The van der Waals surface area contributed by atoms with Crippen LogP contribution in [0.3, 0.4) is 0 Å². The van der Waals surface area contributed by atoms with E-state index in [4.69, 9.17) is 4.74 Å². The van der Waals surface area contributed by atoms with Gasteiger partial charge >= 0.3 is 0 Å². The topological polar surface area (TPSA) is 34.2 Å². The second-order valence-corrected chi connectivity index (χ2v) is 5.19. The summed E-state index contributed by atoms with van der Waals surface area (Å²) in [7, 11) is 3.61. The Morgan fingerprint density at radius 1 is 1.26 bits per heavy atom. The molecule has 0 saturated heterocycles. The van der Waals surface area contributed by atoms with Gasteiger partial charge in [-0.15, -0.1) is 0 Å². The number of nitrogens with zero attached hydrogens (tertiary/aromatic N) is 1. The molecule has 4 heteroatoms. The molecular weight excluding hydrogens is 304 g/mol. The first kappa shape index (κ1) is 14.0. The fourth-order valence-corrected chi connectivity index (χ4v) is 2.33. The number of methoxy groups -OCH3 is 1. The number of pyridine rings is 1. The molecule has 0 spiro atoms. The molecular formula is C15H17BrN2O. The number of likely N-dealkylation sites (N-methyl/N-ethyl adjacent to an activating group) is 1. The SMILES string of the molecule is CNC(Cc1ccc(Br)cc1)c1cccnc1OC. The third-order valence-electron chi connectivity index (χ3n) is 3.07. The summed E-state index contributed by atoms with van der Waals surface area (Å²) in [5, 5.41) is 3.32. The largest absolute Gasteiger partial charge is 0.481 e. The average Bonchev–Trinajstić information content (AvgIpc) is 2.46. The molecule has 0 fully saturated rings. The Kier molecular flexibility index (Phi) is 4.93. The van der Waals surface area contributed by atoms with Gasteiger partial charge in [0.1, 0.15) is 0 Å². The zero-order chi connectivity index (χ0) is 13.7. The van der Waals surface area contributed by atoms with E-state index in [1.807, 2.05) is 19.2 Å². The Bertz CT molecular complexity index is 528. The molecule has 100 valence electrons. The van der Waals surface area contributed by atoms with Crippen molar-refractivity contribution in [2.24, 2.45) is 0 Å². The molecule has 0 radical (unpaired) electrons. The van der Waals surface area contributed by atoms with Crippen LogP contribution >= 0.6 is 15.9 Å². The second kappa shape index (κ2) is 6.68. The van der Waals surface area contributed by atoms with E-state index in [1.54, 1.807) is 13.3 Å². The molecule has 1 atom stereocenters. The molecule has 0 aliphatic heterocycles. The number of ether oxygens (including phenoxy) is 1. The van der Waals surface area contributed by atoms with E-state index in [-0.39, 0.29) is 6.04 Å². The van der Waals surface area contributed by atoms with E-state index in [1.165, 1.54) is 5.56 Å². The van der Waals surface area contributed by atoms with Crippen LogP contribution in [0.25, 0.3) is 0 Å². The Morgan fingerprint density at radius 2 is 2.00 bits per heavy atom. The monoisotopic (exact) mass is 320 g/mol. The van der Waals surface area contributed by atoms with Crippen molar-refractivity contribution in [2.75, 3.05) is 14.2 Å². The van der Waals surface area contributed by atoms with Crippen LogP contribution in [0.2, 0.25) is 0 Å². The summed E-state index contributed by atoms with van der Waals surface area (Å²) in [4.78, 5) is 4.25. The van der Waals surface area contributed by atoms with Gasteiger partial charge in [-0.05, 0) is 37.2 Å². The van der Waals surface area contributed by atoms with Crippen molar-refractivity contribution in [3.8, 4) is 5.88 Å². The first-order valence-electron chi connectivity index (χ1n) is 6.15. The van der Waals surface area contributed by atoms with Crippen LogP contribution in [0.5, 0.6) is 5.88 Å². The molecule has 0 aliphatic carbocycles. The standard InChI is InChI=1S/C15H17BrN2O/c1-17-14(10-11-5-7-12(16)8-6-11)13-4-3-9-18-15(13)19-2/h3-9,14,17H,10H2,1-2H3. The number of aromatic nitrogens is 1. The van der Waals surface area contributed by atoms with Gasteiger partial charge in [-0.25, -0.2) is 4.98 Å². The van der Waals surface area contributed by atoms with Crippen LogP contribution in [0.15, 0.2) is 47.1 Å². The van der Waals surface area contributed by atoms with E-state index in [9.17, 15) is 0 Å². The molecule has 1 aromatic carbocycles. The highest BCUT2D eigenvalue weighted by Crippen LogP contribution is 2.25. The number of nitrogens with one attached hydrogen (secondary N) is 1. The first-order valence-corrected chi connectivity index (χ1v) is 6.94. The van der Waals surface area contributed by atoms with E-state index >= 15 is 0 Å². The predicted octanol–water partition coefficient (Wildman–Crippen LogP) is 3.36. The fourth-order valence-electron chi connectivity index (χ4n) is 2.06. The van der Waals surface area contributed by atoms with Gasteiger partial charge in [-0.1, -0.05) is 34.1 Å². The quantitative estimate of drug-likeness (QED) is 0.917. The fraction of sp³-hybridized carbons (Fsp3) is 0.267. The Morgan fingerprint density at radius 3 is 2.63 bits per heavy atom. The smallest absolute Gasteiger partial charge is 0.217 e. The second-order valence-electron chi connectivity index (χ2n) is 4.27. The maximum absolute atomic E-state index is 5.33. The first-order chi connectivity index (χ1) is 9.24. The van der Waals surface area contributed by atoms with E-state index in [0.29, 0.717) is 5.88 Å². The van der Waals surface area contributed by atoms with Gasteiger partial charge in [0.15, 0.2) is 0 Å². The number of hydrogen-bond acceptors (Lipinski definition) is 3. The summed E-state index contributed by atoms with van der Waals surface area (Å²) in [5.74, 6) is 0.680. The predicted molar refractivity (Wildman–Crippen MR) is 80.4 cm³/mol. The summed E-state index contributed by atoms with van der Waals surface area (Å²) >= 11 is 3.45. The maximum atomic E-state index is 5.33. The summed E-state index contributed by atoms with van der Waals surface area (Å²) in [6.07, 6.45) is 2.64. The molecule has 19 heavy (non-hydrogen) atoms. The summed E-state index contributed by atoms with van der Waals surface area (Å²) < 4.78 is 6.42. The van der Waals surface area contributed by atoms with Crippen LogP contribution in [0.1, 0.15) is 17.2 Å². The molecule has 3 nitrogen and oxygen atoms in total. The van der Waals surface area contributed by atoms with E-state index < -0.39 is 0 Å². The zero-order valence-corrected chi connectivity index (χ0v) is 12.6. The van der Waals surface area contributed by atoms with Gasteiger partial charge in [-0.3, -0.25) is 0 Å². The van der Waals surface area contributed by atoms with E-state index in [2.05, 4.69) is 50.5 Å². The third kappa shape index (κ3) is 3.55. The average molecular weight is 321 g/mol. The lowest BCUT2D eigenvalue weighted by molar-refractivity contribution is 0.384. The number of hydrogen-bond donors (Lipinski definition) is 1. The minimum Gasteiger partial charge on any atom is -0.481 e. The van der Waals surface area contributed by atoms with Crippen molar-refractivity contribution in [3.63, 3.8) is 0 Å². The Labute approximate surface area is 122 Å². The molecule has 0 saturated carbocycles. The molecule has 0 amide bonds. The molecule has 1 unspecified atom stereocenters. The van der Waals surface area contributed by atoms with Gasteiger partial charge in [0.25, 0.3) is 0 Å². The van der Waals surface area contributed by atoms with E-state index in [0.717, 1.165) is 16.5 Å². The van der Waals surface area contributed by atoms with Crippen molar-refractivity contribution in [3.05, 3.63) is 58.2 Å². The minimum atomic E-state index is 0.185. The number of halogens is 1. The summed E-state index contributed by atoms with van der Waals surface area (Å²) in [5.41, 5.74) is 2.35. The van der Waals surface area contributed by atoms with Crippen molar-refractivity contribution in [1.29, 1.82) is 0 Å². The summed E-state index contributed by atoms with van der Waals surface area (Å²) in [6.45, 7) is 0. The van der Waals surface area contributed by atoms with Crippen LogP contribution in [-0.4, -0.2) is 19.1 Å². The van der Waals surface area contributed by atoms with Crippen molar-refractivity contribution in [1.82, 2.24) is 10.3 Å². The van der Waals surface area contributed by atoms with Gasteiger partial charge in [0.05, 0.1) is 7.11 Å². The molecule has 1 N–H and O–H groups in total. The summed E-state index contributed by atoms with van der Waals surface area (Å²) in [6, 6.07) is 12.5. The van der Waals surface area contributed by atoms with Crippen molar-refractivity contribution < 1.29 is 4.74 Å². The molecule has 1 heterocycles. The van der Waals surface area contributed by atoms with Crippen LogP contribution < -0.4 is 10.1 Å². The van der Waals surface area contributed by atoms with Gasteiger partial charge in [0, 0.05) is 22.3 Å². The van der Waals surface area contributed by atoms with Crippen molar-refractivity contribution >= 4 is 15.9 Å². The Balaban J connectivity index is 2.22. The highest BCUT2D eigenvalue weighted by molar-refractivity contribution is 9.10. The molecule has 0 aliphatic rings. The Hall–Kier alpha value is -1.39. The van der Waals surface area contributed by atoms with Gasteiger partial charge < -0.3 is 10.1 Å².